The lowest BCUT2D eigenvalue weighted by Crippen LogP contribution is -2.41. The van der Waals surface area contributed by atoms with Crippen molar-refractivity contribution in [2.24, 2.45) is 5.92 Å². The highest BCUT2D eigenvalue weighted by Gasteiger charge is 2.28. The lowest BCUT2D eigenvalue weighted by molar-refractivity contribution is -0.121. The molecule has 1 saturated heterocycles. The summed E-state index contributed by atoms with van der Waals surface area (Å²) in [6, 6.07) is 5.30. The molecule has 27 heavy (non-hydrogen) atoms. The van der Waals surface area contributed by atoms with Gasteiger partial charge in [-0.1, -0.05) is 17.4 Å². The zero-order valence-electron chi connectivity index (χ0n) is 15.6. The highest BCUT2D eigenvalue weighted by Crippen LogP contribution is 2.22. The lowest BCUT2D eigenvalue weighted by atomic mass is 9.96. The fraction of sp³-hybridized carbons (Fsp3) is 0.500. The fourth-order valence-corrected chi connectivity index (χ4v) is 3.66. The van der Waals surface area contributed by atoms with Crippen LogP contribution in [0.15, 0.2) is 24.4 Å². The van der Waals surface area contributed by atoms with Crippen molar-refractivity contribution in [3.63, 3.8) is 0 Å². The maximum absolute atomic E-state index is 12.5. The molecule has 1 fully saturated rings. The molecular formula is C18H24N6O2S. The fourth-order valence-electron chi connectivity index (χ4n) is 2.93. The molecule has 2 aromatic heterocycles. The average molecular weight is 388 g/mol. The van der Waals surface area contributed by atoms with Crippen molar-refractivity contribution in [1.29, 1.82) is 0 Å². The normalized spacial score (nSPS) is 15.1. The van der Waals surface area contributed by atoms with Crippen LogP contribution < -0.4 is 5.32 Å². The molecule has 1 N–H and O–H groups in total. The van der Waals surface area contributed by atoms with Crippen molar-refractivity contribution in [3.05, 3.63) is 35.1 Å². The molecule has 0 spiro atoms. The molecule has 0 atom stereocenters. The van der Waals surface area contributed by atoms with Crippen molar-refractivity contribution in [1.82, 2.24) is 25.0 Å². The second kappa shape index (κ2) is 9.01. The van der Waals surface area contributed by atoms with Crippen LogP contribution in [0.4, 0.5) is 5.13 Å². The second-order valence-corrected chi connectivity index (χ2v) is 7.89. The van der Waals surface area contributed by atoms with Gasteiger partial charge in [0.2, 0.25) is 11.0 Å². The minimum Gasteiger partial charge on any atom is -0.337 e. The van der Waals surface area contributed by atoms with Crippen LogP contribution >= 0.6 is 11.3 Å². The van der Waals surface area contributed by atoms with Crippen LogP contribution in [-0.4, -0.2) is 70.5 Å². The van der Waals surface area contributed by atoms with Crippen molar-refractivity contribution in [2.45, 2.75) is 19.3 Å². The van der Waals surface area contributed by atoms with Gasteiger partial charge in [-0.05, 0) is 39.1 Å². The van der Waals surface area contributed by atoms with Crippen LogP contribution in [0.1, 0.15) is 28.3 Å². The summed E-state index contributed by atoms with van der Waals surface area (Å²) >= 11 is 1.42. The molecule has 0 unspecified atom stereocenters. The molecule has 9 heteroatoms. The summed E-state index contributed by atoms with van der Waals surface area (Å²) in [5.41, 5.74) is 0.444. The van der Waals surface area contributed by atoms with Gasteiger partial charge in [0.1, 0.15) is 10.7 Å². The van der Waals surface area contributed by atoms with Gasteiger partial charge in [0.25, 0.3) is 5.91 Å². The molecule has 0 bridgehead atoms. The third kappa shape index (κ3) is 5.30. The molecule has 3 heterocycles. The average Bonchev–Trinajstić information content (AvgIpc) is 3.14. The van der Waals surface area contributed by atoms with Crippen LogP contribution in [0.2, 0.25) is 0 Å². The number of carbonyl (C=O) groups excluding carboxylic acids is 2. The van der Waals surface area contributed by atoms with E-state index in [1.54, 1.807) is 29.3 Å². The maximum Gasteiger partial charge on any atom is 0.272 e. The van der Waals surface area contributed by atoms with E-state index < -0.39 is 0 Å². The number of carbonyl (C=O) groups is 2. The Hall–Kier alpha value is -2.39. The minimum atomic E-state index is -0.119. The van der Waals surface area contributed by atoms with Crippen LogP contribution in [0, 0.1) is 5.92 Å². The predicted molar refractivity (Wildman–Crippen MR) is 104 cm³/mol. The minimum absolute atomic E-state index is 0.0461. The van der Waals surface area contributed by atoms with E-state index in [1.165, 1.54) is 11.3 Å². The number of likely N-dealkylation sites (tertiary alicyclic amines) is 1. The van der Waals surface area contributed by atoms with Crippen molar-refractivity contribution in [2.75, 3.05) is 39.0 Å². The molecule has 144 valence electrons. The van der Waals surface area contributed by atoms with Crippen LogP contribution in [0.3, 0.4) is 0 Å². The number of piperidine rings is 1. The standard InChI is InChI=1S/C18H24N6O2S/c1-23(2)10-8-15-21-22-18(27-15)20-16(25)13-6-11-24(12-7-13)17(26)14-5-3-4-9-19-14/h3-5,9,13H,6-8,10-12H2,1-2H3,(H,20,22,25). The first kappa shape index (κ1) is 19.4. The number of likely N-dealkylation sites (N-methyl/N-ethyl adjacent to an activating group) is 1. The van der Waals surface area contributed by atoms with E-state index in [0.29, 0.717) is 36.8 Å². The van der Waals surface area contributed by atoms with Crippen LogP contribution in [-0.2, 0) is 11.2 Å². The van der Waals surface area contributed by atoms with E-state index in [9.17, 15) is 9.59 Å². The molecule has 2 aromatic rings. The molecule has 1 aliphatic rings. The largest absolute Gasteiger partial charge is 0.337 e. The zero-order valence-corrected chi connectivity index (χ0v) is 16.4. The Morgan fingerprint density at radius 1 is 1.26 bits per heavy atom. The SMILES string of the molecule is CN(C)CCc1nnc(NC(=O)C2CCN(C(=O)c3ccccn3)CC2)s1. The van der Waals surface area contributed by atoms with Crippen molar-refractivity contribution >= 4 is 28.3 Å². The monoisotopic (exact) mass is 388 g/mol. The van der Waals surface area contributed by atoms with E-state index in [2.05, 4.69) is 25.4 Å². The third-order valence-corrected chi connectivity index (χ3v) is 5.41. The van der Waals surface area contributed by atoms with E-state index in [4.69, 9.17) is 0 Å². The smallest absolute Gasteiger partial charge is 0.272 e. The van der Waals surface area contributed by atoms with E-state index in [-0.39, 0.29) is 17.7 Å². The maximum atomic E-state index is 12.5. The highest BCUT2D eigenvalue weighted by molar-refractivity contribution is 7.15. The topological polar surface area (TPSA) is 91.3 Å². The van der Waals surface area contributed by atoms with Gasteiger partial charge >= 0.3 is 0 Å². The Bertz CT molecular complexity index is 771. The number of nitrogens with one attached hydrogen (secondary N) is 1. The van der Waals surface area contributed by atoms with E-state index >= 15 is 0 Å². The summed E-state index contributed by atoms with van der Waals surface area (Å²) in [7, 11) is 4.02. The summed E-state index contributed by atoms with van der Waals surface area (Å²) in [6.07, 6.45) is 3.70. The van der Waals surface area contributed by atoms with Gasteiger partial charge < -0.3 is 15.1 Å². The predicted octanol–water partition coefficient (Wildman–Crippen LogP) is 1.53. The third-order valence-electron chi connectivity index (χ3n) is 4.51. The second-order valence-electron chi connectivity index (χ2n) is 6.82. The van der Waals surface area contributed by atoms with Gasteiger partial charge in [-0.3, -0.25) is 14.6 Å². The van der Waals surface area contributed by atoms with Crippen molar-refractivity contribution < 1.29 is 9.59 Å². The summed E-state index contributed by atoms with van der Waals surface area (Å²) in [6.45, 7) is 2.00. The Balaban J connectivity index is 1.48. The number of amides is 2. The van der Waals surface area contributed by atoms with Gasteiger partial charge in [-0.15, -0.1) is 10.2 Å². The van der Waals surface area contributed by atoms with Crippen molar-refractivity contribution in [3.8, 4) is 0 Å². The summed E-state index contributed by atoms with van der Waals surface area (Å²) < 4.78 is 0. The first-order valence-electron chi connectivity index (χ1n) is 9.01. The summed E-state index contributed by atoms with van der Waals surface area (Å²) in [4.78, 5) is 32.9. The van der Waals surface area contributed by atoms with E-state index in [0.717, 1.165) is 18.0 Å². The molecule has 3 rings (SSSR count). The Labute approximate surface area is 162 Å². The molecular weight excluding hydrogens is 364 g/mol. The van der Waals surface area contributed by atoms with E-state index in [1.807, 2.05) is 14.1 Å². The molecule has 0 radical (unpaired) electrons. The van der Waals surface area contributed by atoms with Gasteiger partial charge in [-0.25, -0.2) is 0 Å². The molecule has 0 saturated carbocycles. The quantitative estimate of drug-likeness (QED) is 0.807. The number of pyridine rings is 1. The summed E-state index contributed by atoms with van der Waals surface area (Å²) in [5, 5.41) is 12.5. The molecule has 8 nitrogen and oxygen atoms in total. The van der Waals surface area contributed by atoms with Crippen LogP contribution in [0.5, 0.6) is 0 Å². The highest BCUT2D eigenvalue weighted by atomic mass is 32.1. The number of aromatic nitrogens is 3. The number of hydrogen-bond donors (Lipinski definition) is 1. The van der Waals surface area contributed by atoms with Gasteiger partial charge in [0.05, 0.1) is 0 Å². The van der Waals surface area contributed by atoms with Gasteiger partial charge in [0.15, 0.2) is 0 Å². The molecule has 0 aromatic carbocycles. The zero-order chi connectivity index (χ0) is 19.2. The van der Waals surface area contributed by atoms with Gasteiger partial charge in [0, 0.05) is 38.2 Å². The molecule has 2 amide bonds. The molecule has 1 aliphatic heterocycles. The lowest BCUT2D eigenvalue weighted by Gasteiger charge is -2.30. The first-order chi connectivity index (χ1) is 13.0. The number of hydrogen-bond acceptors (Lipinski definition) is 7. The number of rotatable bonds is 6. The van der Waals surface area contributed by atoms with Gasteiger partial charge in [-0.2, -0.15) is 0 Å². The number of nitrogens with zero attached hydrogens (tertiary/aromatic N) is 5. The molecule has 0 aliphatic carbocycles. The first-order valence-corrected chi connectivity index (χ1v) is 9.83. The number of anilines is 1. The Morgan fingerprint density at radius 2 is 2.04 bits per heavy atom. The Morgan fingerprint density at radius 3 is 2.70 bits per heavy atom. The van der Waals surface area contributed by atoms with Crippen LogP contribution in [0.25, 0.3) is 0 Å². The summed E-state index contributed by atoms with van der Waals surface area (Å²) in [5.74, 6) is -0.244. The Kier molecular flexibility index (Phi) is 6.46.